The Hall–Kier alpha value is -1.10. The summed E-state index contributed by atoms with van der Waals surface area (Å²) in [7, 11) is 0. The van der Waals surface area contributed by atoms with Crippen molar-refractivity contribution in [2.75, 3.05) is 6.54 Å². The summed E-state index contributed by atoms with van der Waals surface area (Å²) < 4.78 is 0. The topological polar surface area (TPSA) is 84.2 Å². The van der Waals surface area contributed by atoms with Gasteiger partial charge in [0.05, 0.1) is 0 Å². The van der Waals surface area contributed by atoms with E-state index in [1.165, 1.54) is 0 Å². The van der Waals surface area contributed by atoms with E-state index in [1.807, 2.05) is 27.7 Å². The van der Waals surface area contributed by atoms with E-state index in [4.69, 9.17) is 5.73 Å². The van der Waals surface area contributed by atoms with Crippen LogP contribution >= 0.6 is 0 Å². The fraction of sp³-hybridized carbons (Fsp3) is 0.818. The van der Waals surface area contributed by atoms with Crippen molar-refractivity contribution in [2.45, 2.75) is 46.2 Å². The van der Waals surface area contributed by atoms with Gasteiger partial charge in [-0.1, -0.05) is 13.8 Å². The first-order valence-corrected chi connectivity index (χ1v) is 5.65. The predicted octanol–water partition coefficient (Wildman–Crippen LogP) is 0.000600. The van der Waals surface area contributed by atoms with Crippen LogP contribution in [0.5, 0.6) is 0 Å². The lowest BCUT2D eigenvalue weighted by Crippen LogP contribution is -2.42. The third kappa shape index (κ3) is 7.23. The highest BCUT2D eigenvalue weighted by Crippen LogP contribution is 1.93. The average Bonchev–Trinajstić information content (AvgIpc) is 2.12. The highest BCUT2D eigenvalue weighted by atomic mass is 16.2. The smallest absolute Gasteiger partial charge is 0.222 e. The summed E-state index contributed by atoms with van der Waals surface area (Å²) in [6, 6.07) is -0.216. The molecule has 0 radical (unpaired) electrons. The van der Waals surface area contributed by atoms with Crippen molar-refractivity contribution in [3.63, 3.8) is 0 Å². The standard InChI is InChI=1S/C11H23N3O2/c1-7(2)11(16)13-6-9(12)5-10(15)14-8(3)4/h7-9H,5-6,12H2,1-4H3,(H,13,16)(H,14,15)/t9-/m1/s1. The van der Waals surface area contributed by atoms with Crippen LogP contribution in [0.15, 0.2) is 0 Å². The van der Waals surface area contributed by atoms with Crippen molar-refractivity contribution >= 4 is 11.8 Å². The summed E-state index contributed by atoms with van der Waals surface area (Å²) in [5.74, 6) is -0.183. The average molecular weight is 229 g/mol. The highest BCUT2D eigenvalue weighted by molar-refractivity contribution is 5.78. The van der Waals surface area contributed by atoms with Crippen molar-refractivity contribution in [3.05, 3.63) is 0 Å². The lowest BCUT2D eigenvalue weighted by molar-refractivity contribution is -0.125. The molecule has 2 amide bonds. The first-order chi connectivity index (χ1) is 7.32. The molecule has 5 heteroatoms. The Morgan fingerprint density at radius 3 is 2.19 bits per heavy atom. The van der Waals surface area contributed by atoms with Gasteiger partial charge >= 0.3 is 0 Å². The second-order valence-electron chi connectivity index (χ2n) is 4.59. The van der Waals surface area contributed by atoms with Crippen LogP contribution in [-0.4, -0.2) is 30.4 Å². The lowest BCUT2D eigenvalue weighted by Gasteiger charge is -2.15. The van der Waals surface area contributed by atoms with Gasteiger partial charge in [0.15, 0.2) is 0 Å². The molecule has 0 rings (SSSR count). The van der Waals surface area contributed by atoms with E-state index >= 15 is 0 Å². The Kier molecular flexibility index (Phi) is 6.72. The van der Waals surface area contributed by atoms with E-state index in [-0.39, 0.29) is 36.2 Å². The molecule has 0 aromatic rings. The molecular formula is C11H23N3O2. The number of hydrogen-bond donors (Lipinski definition) is 3. The number of nitrogens with one attached hydrogen (secondary N) is 2. The Balaban J connectivity index is 3.78. The maximum atomic E-state index is 11.3. The molecule has 0 bridgehead atoms. The van der Waals surface area contributed by atoms with Gasteiger partial charge in [-0.05, 0) is 13.8 Å². The zero-order valence-electron chi connectivity index (χ0n) is 10.5. The highest BCUT2D eigenvalue weighted by Gasteiger charge is 2.12. The van der Waals surface area contributed by atoms with Crippen LogP contribution in [0.25, 0.3) is 0 Å². The molecule has 0 aliphatic heterocycles. The fourth-order valence-corrected chi connectivity index (χ4v) is 1.13. The van der Waals surface area contributed by atoms with Gasteiger partial charge in [0.1, 0.15) is 0 Å². The molecule has 0 saturated heterocycles. The molecule has 1 atom stereocenters. The van der Waals surface area contributed by atoms with Crippen LogP contribution in [0.3, 0.4) is 0 Å². The summed E-state index contributed by atoms with van der Waals surface area (Å²) in [4.78, 5) is 22.6. The zero-order valence-corrected chi connectivity index (χ0v) is 10.5. The minimum Gasteiger partial charge on any atom is -0.354 e. The van der Waals surface area contributed by atoms with Crippen molar-refractivity contribution in [3.8, 4) is 0 Å². The van der Waals surface area contributed by atoms with Gasteiger partial charge in [0.2, 0.25) is 11.8 Å². The molecule has 0 spiro atoms. The van der Waals surface area contributed by atoms with Crippen LogP contribution in [0.4, 0.5) is 0 Å². The maximum Gasteiger partial charge on any atom is 0.222 e. The summed E-state index contributed by atoms with van der Waals surface area (Å²) in [5, 5.41) is 5.45. The van der Waals surface area contributed by atoms with E-state index in [0.717, 1.165) is 0 Å². The molecule has 4 N–H and O–H groups in total. The van der Waals surface area contributed by atoms with E-state index in [9.17, 15) is 9.59 Å². The fourth-order valence-electron chi connectivity index (χ4n) is 1.13. The first kappa shape index (κ1) is 14.9. The second-order valence-corrected chi connectivity index (χ2v) is 4.59. The Morgan fingerprint density at radius 1 is 1.19 bits per heavy atom. The van der Waals surface area contributed by atoms with Crippen molar-refractivity contribution < 1.29 is 9.59 Å². The molecule has 16 heavy (non-hydrogen) atoms. The molecule has 0 aromatic carbocycles. The van der Waals surface area contributed by atoms with Crippen molar-refractivity contribution in [2.24, 2.45) is 11.7 Å². The van der Waals surface area contributed by atoms with Gasteiger partial charge in [-0.3, -0.25) is 9.59 Å². The summed E-state index contributed by atoms with van der Waals surface area (Å²) >= 11 is 0. The number of amides is 2. The third-order valence-corrected chi connectivity index (χ3v) is 1.96. The van der Waals surface area contributed by atoms with Gasteiger partial charge in [0, 0.05) is 31.0 Å². The normalized spacial score (nSPS) is 12.7. The van der Waals surface area contributed by atoms with E-state index in [1.54, 1.807) is 0 Å². The molecule has 5 nitrogen and oxygen atoms in total. The summed E-state index contributed by atoms with van der Waals surface area (Å²) in [5.41, 5.74) is 5.72. The monoisotopic (exact) mass is 229 g/mol. The molecule has 94 valence electrons. The van der Waals surface area contributed by atoms with Crippen molar-refractivity contribution in [1.82, 2.24) is 10.6 Å². The van der Waals surface area contributed by atoms with Crippen LogP contribution < -0.4 is 16.4 Å². The van der Waals surface area contributed by atoms with Gasteiger partial charge < -0.3 is 16.4 Å². The second kappa shape index (κ2) is 7.22. The molecule has 0 aliphatic carbocycles. The van der Waals surface area contributed by atoms with Crippen LogP contribution in [0, 0.1) is 5.92 Å². The minimum atomic E-state index is -0.332. The molecule has 0 unspecified atom stereocenters. The summed E-state index contributed by atoms with van der Waals surface area (Å²) in [6.07, 6.45) is 0.233. The van der Waals surface area contributed by atoms with E-state index < -0.39 is 0 Å². The van der Waals surface area contributed by atoms with E-state index in [2.05, 4.69) is 10.6 Å². The number of nitrogens with two attached hydrogens (primary N) is 1. The quantitative estimate of drug-likeness (QED) is 0.599. The molecule has 0 aromatic heterocycles. The minimum absolute atomic E-state index is 0.0419. The van der Waals surface area contributed by atoms with E-state index in [0.29, 0.717) is 6.54 Å². The number of carbonyl (C=O) groups excluding carboxylic acids is 2. The largest absolute Gasteiger partial charge is 0.354 e. The first-order valence-electron chi connectivity index (χ1n) is 5.65. The number of carbonyl (C=O) groups is 2. The number of hydrogen-bond acceptors (Lipinski definition) is 3. The Labute approximate surface area is 97.2 Å². The van der Waals surface area contributed by atoms with Crippen molar-refractivity contribution in [1.29, 1.82) is 0 Å². The Morgan fingerprint density at radius 2 is 1.75 bits per heavy atom. The predicted molar refractivity (Wildman–Crippen MR) is 63.7 cm³/mol. The lowest BCUT2D eigenvalue weighted by atomic mass is 10.1. The zero-order chi connectivity index (χ0) is 12.7. The van der Waals surface area contributed by atoms with Crippen LogP contribution in [0.1, 0.15) is 34.1 Å². The summed E-state index contributed by atoms with van der Waals surface area (Å²) in [6.45, 7) is 7.75. The molecule has 0 saturated carbocycles. The van der Waals surface area contributed by atoms with Gasteiger partial charge in [-0.15, -0.1) is 0 Å². The van der Waals surface area contributed by atoms with Crippen LogP contribution in [0.2, 0.25) is 0 Å². The van der Waals surface area contributed by atoms with Gasteiger partial charge in [0.25, 0.3) is 0 Å². The molecule has 0 heterocycles. The molecule has 0 fully saturated rings. The SMILES string of the molecule is CC(C)NC(=O)C[C@@H](N)CNC(=O)C(C)C. The third-order valence-electron chi connectivity index (χ3n) is 1.96. The number of rotatable bonds is 6. The Bertz CT molecular complexity index is 239. The van der Waals surface area contributed by atoms with Crippen LogP contribution in [-0.2, 0) is 9.59 Å². The van der Waals surface area contributed by atoms with Gasteiger partial charge in [-0.2, -0.15) is 0 Å². The molecule has 0 aliphatic rings. The molecular weight excluding hydrogens is 206 g/mol. The maximum absolute atomic E-state index is 11.3. The van der Waals surface area contributed by atoms with Gasteiger partial charge in [-0.25, -0.2) is 0 Å².